The van der Waals surface area contributed by atoms with Crippen molar-refractivity contribution in [1.29, 1.82) is 0 Å². The van der Waals surface area contributed by atoms with Crippen molar-refractivity contribution in [3.05, 3.63) is 97.8 Å². The Morgan fingerprint density at radius 1 is 0.654 bits per heavy atom. The Kier molecular flexibility index (Phi) is 7.00. The summed E-state index contributed by atoms with van der Waals surface area (Å²) in [7, 11) is 0. The number of hydrogen-bond acceptors (Lipinski definition) is 0. The molecular weight excluding hydrogens is 391 g/mol. The molecule has 1 heteroatoms. The molecule has 0 saturated carbocycles. The third kappa shape index (κ3) is 3.27. The van der Waals surface area contributed by atoms with Crippen LogP contribution in [0, 0.1) is 28.7 Å². The van der Waals surface area contributed by atoms with E-state index in [4.69, 9.17) is 0 Å². The number of rotatable bonds is 2. The van der Waals surface area contributed by atoms with E-state index in [0.717, 1.165) is 0 Å². The third-order valence-electron chi connectivity index (χ3n) is 5.24. The second kappa shape index (κ2) is 8.05. The molecule has 0 fully saturated rings. The quantitative estimate of drug-likeness (QED) is 0.300. The third-order valence-corrected chi connectivity index (χ3v) is 5.24. The minimum absolute atomic E-state index is 0. The standard InChI is InChI=1S/C23H22.2CH3.Zr/c1-15-13-17-9-5-7-11-19(17)21(15)23(3,4)22-16(2)14-18-10-6-8-12-20(18)22;;;/h5-14H,1-4H3;2*1H3;/q-2;2*-1;+4. The van der Waals surface area contributed by atoms with Gasteiger partial charge in [0.25, 0.3) is 0 Å². The van der Waals surface area contributed by atoms with E-state index in [1.807, 2.05) is 0 Å². The molecule has 0 unspecified atom stereocenters. The SMILES string of the molecule is Cc1[cH-]c2ccccc2c1C(C)(C)c1c(C)[cH-]c2ccccc12.[CH3-].[CH3-].[Zr+4]. The van der Waals surface area contributed by atoms with E-state index < -0.39 is 0 Å². The van der Waals surface area contributed by atoms with E-state index in [-0.39, 0.29) is 46.5 Å². The van der Waals surface area contributed by atoms with Crippen LogP contribution in [0.1, 0.15) is 36.1 Å². The average Bonchev–Trinajstić information content (AvgIpc) is 3.02. The smallest absolute Gasteiger partial charge is 0.358 e. The summed E-state index contributed by atoms with van der Waals surface area (Å²) in [6.45, 7) is 9.24. The normalized spacial score (nSPS) is 10.9. The Labute approximate surface area is 178 Å². The molecule has 0 amide bonds. The van der Waals surface area contributed by atoms with Gasteiger partial charge in [-0.2, -0.15) is 0 Å². The first-order chi connectivity index (χ1) is 11.0. The molecule has 0 aliphatic rings. The van der Waals surface area contributed by atoms with Crippen molar-refractivity contribution < 1.29 is 26.2 Å². The fraction of sp³-hybridized carbons (Fsp3) is 0.200. The van der Waals surface area contributed by atoms with Gasteiger partial charge in [0.15, 0.2) is 0 Å². The summed E-state index contributed by atoms with van der Waals surface area (Å²) in [5, 5.41) is 5.47. The van der Waals surface area contributed by atoms with Crippen LogP contribution in [0.2, 0.25) is 0 Å². The van der Waals surface area contributed by atoms with Crippen LogP contribution in [0.25, 0.3) is 21.5 Å². The van der Waals surface area contributed by atoms with Crippen molar-refractivity contribution in [2.75, 3.05) is 0 Å². The second-order valence-corrected chi connectivity index (χ2v) is 7.20. The van der Waals surface area contributed by atoms with E-state index in [2.05, 4.69) is 88.4 Å². The van der Waals surface area contributed by atoms with Crippen LogP contribution in [0.15, 0.2) is 60.7 Å². The van der Waals surface area contributed by atoms with Crippen LogP contribution in [0.4, 0.5) is 0 Å². The monoisotopic (exact) mass is 418 g/mol. The van der Waals surface area contributed by atoms with Gasteiger partial charge >= 0.3 is 26.2 Å². The maximum atomic E-state index is 2.37. The van der Waals surface area contributed by atoms with Gasteiger partial charge in [0, 0.05) is 0 Å². The van der Waals surface area contributed by atoms with Gasteiger partial charge in [-0.15, -0.1) is 92.3 Å². The molecule has 0 heterocycles. The van der Waals surface area contributed by atoms with Gasteiger partial charge in [-0.05, 0) is 0 Å². The first-order valence-electron chi connectivity index (χ1n) is 8.31. The molecule has 0 nitrogen and oxygen atoms in total. The number of hydrogen-bond donors (Lipinski definition) is 0. The summed E-state index contributed by atoms with van der Waals surface area (Å²) < 4.78 is 0. The predicted octanol–water partition coefficient (Wildman–Crippen LogP) is 7.27. The molecule has 0 aliphatic heterocycles. The molecule has 0 N–H and O–H groups in total. The van der Waals surface area contributed by atoms with Crippen LogP contribution in [-0.2, 0) is 31.6 Å². The molecule has 0 saturated heterocycles. The van der Waals surface area contributed by atoms with Gasteiger partial charge in [0.2, 0.25) is 0 Å². The first-order valence-corrected chi connectivity index (χ1v) is 8.31. The second-order valence-electron chi connectivity index (χ2n) is 7.20. The molecule has 0 spiro atoms. The van der Waals surface area contributed by atoms with Crippen LogP contribution in [0.3, 0.4) is 0 Å². The maximum Gasteiger partial charge on any atom is 4.00 e. The van der Waals surface area contributed by atoms with E-state index >= 15 is 0 Å². The minimum Gasteiger partial charge on any atom is -0.358 e. The van der Waals surface area contributed by atoms with E-state index in [9.17, 15) is 0 Å². The Balaban J connectivity index is 0.00000113. The van der Waals surface area contributed by atoms with Crippen LogP contribution < -0.4 is 0 Å². The summed E-state index contributed by atoms with van der Waals surface area (Å²) in [5.41, 5.74) is 5.70. The van der Waals surface area contributed by atoms with Gasteiger partial charge in [-0.25, -0.2) is 0 Å². The molecular formula is C25H28Zr. The van der Waals surface area contributed by atoms with Crippen LogP contribution in [-0.4, -0.2) is 0 Å². The number of aryl methyl sites for hydroxylation is 2. The van der Waals surface area contributed by atoms with Crippen LogP contribution in [0.5, 0.6) is 0 Å². The van der Waals surface area contributed by atoms with Gasteiger partial charge in [-0.1, -0.05) is 45.2 Å². The molecule has 4 aromatic carbocycles. The van der Waals surface area contributed by atoms with Crippen molar-refractivity contribution in [3.63, 3.8) is 0 Å². The Morgan fingerprint density at radius 3 is 1.38 bits per heavy atom. The molecule has 0 radical (unpaired) electrons. The van der Waals surface area contributed by atoms with Gasteiger partial charge in [0.1, 0.15) is 0 Å². The summed E-state index contributed by atoms with van der Waals surface area (Å²) >= 11 is 0. The van der Waals surface area contributed by atoms with E-state index in [1.54, 1.807) is 0 Å². The Bertz CT molecular complexity index is 929. The molecule has 4 aromatic rings. The Hall–Kier alpha value is -1.46. The molecule has 0 atom stereocenters. The zero-order valence-electron chi connectivity index (χ0n) is 16.8. The summed E-state index contributed by atoms with van der Waals surface area (Å²) in [5.74, 6) is 0. The van der Waals surface area contributed by atoms with Gasteiger partial charge in [-0.3, -0.25) is 0 Å². The minimum atomic E-state index is -0.0135. The Morgan fingerprint density at radius 2 is 1.00 bits per heavy atom. The average molecular weight is 420 g/mol. The zero-order valence-corrected chi connectivity index (χ0v) is 19.2. The van der Waals surface area contributed by atoms with Crippen molar-refractivity contribution in [3.8, 4) is 0 Å². The topological polar surface area (TPSA) is 0 Å². The molecule has 0 aliphatic carbocycles. The van der Waals surface area contributed by atoms with E-state index in [0.29, 0.717) is 0 Å². The molecule has 0 aromatic heterocycles. The van der Waals surface area contributed by atoms with Crippen molar-refractivity contribution in [2.24, 2.45) is 0 Å². The number of fused-ring (bicyclic) bond motifs is 2. The van der Waals surface area contributed by atoms with Gasteiger partial charge in [0.05, 0.1) is 0 Å². The number of benzene rings is 2. The molecule has 4 rings (SSSR count). The largest absolute Gasteiger partial charge is 4.00 e. The summed E-state index contributed by atoms with van der Waals surface area (Å²) in [6.07, 6.45) is 0. The maximum absolute atomic E-state index is 2.37. The fourth-order valence-corrected chi connectivity index (χ4v) is 4.52. The fourth-order valence-electron chi connectivity index (χ4n) is 4.52. The van der Waals surface area contributed by atoms with Gasteiger partial charge < -0.3 is 14.9 Å². The van der Waals surface area contributed by atoms with Crippen molar-refractivity contribution >= 4 is 21.5 Å². The molecule has 0 bridgehead atoms. The van der Waals surface area contributed by atoms with Crippen molar-refractivity contribution in [2.45, 2.75) is 33.1 Å². The molecule has 132 valence electrons. The zero-order chi connectivity index (χ0) is 16.2. The van der Waals surface area contributed by atoms with E-state index in [1.165, 1.54) is 43.8 Å². The summed E-state index contributed by atoms with van der Waals surface area (Å²) in [4.78, 5) is 0. The summed E-state index contributed by atoms with van der Waals surface area (Å²) in [6, 6.07) is 22.2. The van der Waals surface area contributed by atoms with Crippen molar-refractivity contribution in [1.82, 2.24) is 0 Å². The molecule has 26 heavy (non-hydrogen) atoms. The van der Waals surface area contributed by atoms with Crippen LogP contribution >= 0.6 is 0 Å². The predicted molar refractivity (Wildman–Crippen MR) is 114 cm³/mol. The first kappa shape index (κ1) is 22.6.